The number of pyridine rings is 1. The average Bonchev–Trinajstić information content (AvgIpc) is 2.37. The first-order chi connectivity index (χ1) is 8.31. The molecule has 0 spiro atoms. The third-order valence-corrected chi connectivity index (χ3v) is 2.62. The Morgan fingerprint density at radius 1 is 1.24 bits per heavy atom. The van der Waals surface area contributed by atoms with Gasteiger partial charge < -0.3 is 5.32 Å². The molecule has 0 saturated heterocycles. The lowest BCUT2D eigenvalue weighted by molar-refractivity contribution is 1.12. The summed E-state index contributed by atoms with van der Waals surface area (Å²) in [6.07, 6.45) is 3.52. The van der Waals surface area contributed by atoms with Gasteiger partial charge in [-0.25, -0.2) is 0 Å². The number of hydrogen-bond donors (Lipinski definition) is 1. The van der Waals surface area contributed by atoms with Gasteiger partial charge in [0.1, 0.15) is 6.07 Å². The number of aromatic nitrogens is 1. The molecule has 0 bridgehead atoms. The monoisotopic (exact) mass is 223 g/mol. The molecule has 3 heteroatoms. The highest BCUT2D eigenvalue weighted by Gasteiger charge is 2.03. The smallest absolute Gasteiger partial charge is 0.102 e. The fraction of sp³-hybridized carbons (Fsp3) is 0.143. The molecule has 84 valence electrons. The Morgan fingerprint density at radius 2 is 2.00 bits per heavy atom. The summed E-state index contributed by atoms with van der Waals surface area (Å²) in [6.45, 7) is 2.64. The molecular formula is C14H13N3. The minimum atomic E-state index is 0.695. The molecule has 3 nitrogen and oxygen atoms in total. The van der Waals surface area contributed by atoms with Gasteiger partial charge in [0.25, 0.3) is 0 Å². The van der Waals surface area contributed by atoms with Crippen LogP contribution in [0.4, 0.5) is 5.69 Å². The van der Waals surface area contributed by atoms with Crippen LogP contribution in [0.1, 0.15) is 16.7 Å². The van der Waals surface area contributed by atoms with Crippen molar-refractivity contribution in [3.05, 3.63) is 59.4 Å². The van der Waals surface area contributed by atoms with E-state index in [9.17, 15) is 0 Å². The predicted octanol–water partition coefficient (Wildman–Crippen LogP) is 2.87. The van der Waals surface area contributed by atoms with Crippen molar-refractivity contribution in [2.75, 3.05) is 5.32 Å². The maximum atomic E-state index is 9.10. The van der Waals surface area contributed by atoms with Crippen molar-refractivity contribution in [1.82, 2.24) is 4.98 Å². The molecule has 1 aromatic heterocycles. The van der Waals surface area contributed by atoms with Gasteiger partial charge in [0.15, 0.2) is 0 Å². The number of hydrogen-bond acceptors (Lipinski definition) is 3. The maximum Gasteiger partial charge on any atom is 0.102 e. The van der Waals surface area contributed by atoms with Gasteiger partial charge in [-0.05, 0) is 36.2 Å². The van der Waals surface area contributed by atoms with Crippen molar-refractivity contribution in [1.29, 1.82) is 5.26 Å². The van der Waals surface area contributed by atoms with Crippen molar-refractivity contribution >= 4 is 5.69 Å². The van der Waals surface area contributed by atoms with E-state index in [-0.39, 0.29) is 0 Å². The minimum Gasteiger partial charge on any atom is -0.380 e. The fourth-order valence-electron chi connectivity index (χ4n) is 1.66. The van der Waals surface area contributed by atoms with Crippen LogP contribution in [0.5, 0.6) is 0 Å². The molecule has 0 unspecified atom stereocenters. The zero-order chi connectivity index (χ0) is 12.1. The largest absolute Gasteiger partial charge is 0.380 e. The van der Waals surface area contributed by atoms with Gasteiger partial charge in [-0.15, -0.1) is 0 Å². The van der Waals surface area contributed by atoms with E-state index in [0.717, 1.165) is 16.8 Å². The summed E-state index contributed by atoms with van der Waals surface area (Å²) in [5.74, 6) is 0. The van der Waals surface area contributed by atoms with Crippen LogP contribution in [0.2, 0.25) is 0 Å². The standard InChI is InChI=1S/C14H13N3/c1-11-3-2-4-14(13(11)9-15)17-10-12-5-7-16-8-6-12/h2-8,17H,10H2,1H3. The normalized spacial score (nSPS) is 9.65. The second-order valence-corrected chi connectivity index (χ2v) is 3.82. The number of aryl methyl sites for hydroxylation is 1. The van der Waals surface area contributed by atoms with Crippen LogP contribution in [0, 0.1) is 18.3 Å². The molecular weight excluding hydrogens is 210 g/mol. The predicted molar refractivity (Wildman–Crippen MR) is 67.5 cm³/mol. The molecule has 1 aromatic carbocycles. The van der Waals surface area contributed by atoms with E-state index in [2.05, 4.69) is 16.4 Å². The Hall–Kier alpha value is -2.34. The lowest BCUT2D eigenvalue weighted by atomic mass is 10.1. The Balaban J connectivity index is 2.15. The zero-order valence-corrected chi connectivity index (χ0v) is 9.64. The average molecular weight is 223 g/mol. The summed E-state index contributed by atoms with van der Waals surface area (Å²) in [6, 6.07) is 11.9. The first-order valence-corrected chi connectivity index (χ1v) is 5.44. The van der Waals surface area contributed by atoms with Gasteiger partial charge in [-0.2, -0.15) is 5.26 Å². The molecule has 1 heterocycles. The van der Waals surface area contributed by atoms with Crippen molar-refractivity contribution in [3.63, 3.8) is 0 Å². The topological polar surface area (TPSA) is 48.7 Å². The first kappa shape index (κ1) is 11.2. The minimum absolute atomic E-state index is 0.695. The van der Waals surface area contributed by atoms with E-state index in [1.807, 2.05) is 37.3 Å². The zero-order valence-electron chi connectivity index (χ0n) is 9.64. The third kappa shape index (κ3) is 2.61. The molecule has 0 saturated carbocycles. The summed E-state index contributed by atoms with van der Waals surface area (Å²) in [5, 5.41) is 12.4. The lowest BCUT2D eigenvalue weighted by Gasteiger charge is -2.09. The van der Waals surface area contributed by atoms with Crippen LogP contribution in [0.25, 0.3) is 0 Å². The van der Waals surface area contributed by atoms with E-state index in [1.165, 1.54) is 0 Å². The maximum absolute atomic E-state index is 9.10. The lowest BCUT2D eigenvalue weighted by Crippen LogP contribution is -2.02. The van der Waals surface area contributed by atoms with Gasteiger partial charge >= 0.3 is 0 Å². The molecule has 0 fully saturated rings. The van der Waals surface area contributed by atoms with Crippen LogP contribution >= 0.6 is 0 Å². The molecule has 0 aliphatic carbocycles. The van der Waals surface area contributed by atoms with Crippen molar-refractivity contribution < 1.29 is 0 Å². The van der Waals surface area contributed by atoms with E-state index < -0.39 is 0 Å². The highest BCUT2D eigenvalue weighted by molar-refractivity contribution is 5.60. The van der Waals surface area contributed by atoms with E-state index >= 15 is 0 Å². The Labute approximate surface area is 101 Å². The van der Waals surface area contributed by atoms with Crippen LogP contribution in [0.3, 0.4) is 0 Å². The van der Waals surface area contributed by atoms with Crippen molar-refractivity contribution in [3.8, 4) is 6.07 Å². The van der Waals surface area contributed by atoms with Crippen LogP contribution < -0.4 is 5.32 Å². The molecule has 0 atom stereocenters. The van der Waals surface area contributed by atoms with Gasteiger partial charge in [0.05, 0.1) is 11.3 Å². The summed E-state index contributed by atoms with van der Waals surface area (Å²) >= 11 is 0. The molecule has 2 aromatic rings. The van der Waals surface area contributed by atoms with E-state index in [1.54, 1.807) is 12.4 Å². The molecule has 0 aliphatic rings. The first-order valence-electron chi connectivity index (χ1n) is 5.44. The number of nitriles is 1. The Morgan fingerprint density at radius 3 is 2.71 bits per heavy atom. The van der Waals surface area contributed by atoms with E-state index in [0.29, 0.717) is 12.1 Å². The SMILES string of the molecule is Cc1cccc(NCc2ccncc2)c1C#N. The Kier molecular flexibility index (Phi) is 3.37. The molecule has 2 rings (SSSR count). The van der Waals surface area contributed by atoms with E-state index in [4.69, 9.17) is 5.26 Å². The van der Waals surface area contributed by atoms with Gasteiger partial charge in [-0.3, -0.25) is 4.98 Å². The molecule has 0 aliphatic heterocycles. The second-order valence-electron chi connectivity index (χ2n) is 3.82. The van der Waals surface area contributed by atoms with Gasteiger partial charge in [0.2, 0.25) is 0 Å². The quantitative estimate of drug-likeness (QED) is 0.870. The van der Waals surface area contributed by atoms with Crippen molar-refractivity contribution in [2.24, 2.45) is 0 Å². The Bertz CT molecular complexity index is 541. The summed E-state index contributed by atoms with van der Waals surface area (Å²) in [7, 11) is 0. The summed E-state index contributed by atoms with van der Waals surface area (Å²) < 4.78 is 0. The van der Waals surface area contributed by atoms with Crippen LogP contribution in [-0.4, -0.2) is 4.98 Å². The van der Waals surface area contributed by atoms with Crippen LogP contribution in [0.15, 0.2) is 42.7 Å². The second kappa shape index (κ2) is 5.13. The van der Waals surface area contributed by atoms with Gasteiger partial charge in [0, 0.05) is 18.9 Å². The number of rotatable bonds is 3. The third-order valence-electron chi connectivity index (χ3n) is 2.62. The fourth-order valence-corrected chi connectivity index (χ4v) is 1.66. The van der Waals surface area contributed by atoms with Crippen LogP contribution in [-0.2, 0) is 6.54 Å². The number of nitrogens with one attached hydrogen (secondary N) is 1. The number of anilines is 1. The molecule has 17 heavy (non-hydrogen) atoms. The van der Waals surface area contributed by atoms with Crippen molar-refractivity contribution in [2.45, 2.75) is 13.5 Å². The molecule has 0 radical (unpaired) electrons. The highest BCUT2D eigenvalue weighted by Crippen LogP contribution is 2.18. The number of nitrogens with zero attached hydrogens (tertiary/aromatic N) is 2. The summed E-state index contributed by atoms with van der Waals surface area (Å²) in [4.78, 5) is 3.97. The van der Waals surface area contributed by atoms with Gasteiger partial charge in [-0.1, -0.05) is 12.1 Å². The number of benzene rings is 1. The summed E-state index contributed by atoms with van der Waals surface area (Å²) in [5.41, 5.74) is 3.73. The molecule has 1 N–H and O–H groups in total. The molecule has 0 amide bonds. The highest BCUT2D eigenvalue weighted by atomic mass is 14.9.